The smallest absolute Gasteiger partial charge is 0.129 e. The van der Waals surface area contributed by atoms with E-state index in [1.165, 1.54) is 12.8 Å². The number of nitrogens with one attached hydrogen (secondary N) is 1. The molecule has 0 aromatic heterocycles. The van der Waals surface area contributed by atoms with Crippen molar-refractivity contribution < 1.29 is 13.9 Å². The Morgan fingerprint density at radius 1 is 1.33 bits per heavy atom. The highest BCUT2D eigenvalue weighted by atomic mass is 19.1. The summed E-state index contributed by atoms with van der Waals surface area (Å²) in [5.74, 6) is -1.10. The molecule has 0 bridgehead atoms. The Morgan fingerprint density at radius 3 is 2.67 bits per heavy atom. The average Bonchev–Trinajstić information content (AvgIpc) is 2.77. The van der Waals surface area contributed by atoms with E-state index in [1.807, 2.05) is 0 Å². The van der Waals surface area contributed by atoms with E-state index in [9.17, 15) is 13.9 Å². The highest BCUT2D eigenvalue weighted by Crippen LogP contribution is 2.29. The van der Waals surface area contributed by atoms with Gasteiger partial charge in [-0.3, -0.25) is 0 Å². The molecule has 1 aliphatic rings. The van der Waals surface area contributed by atoms with E-state index < -0.39 is 17.7 Å². The first-order valence-electron chi connectivity index (χ1n) is 6.38. The molecule has 1 atom stereocenters. The van der Waals surface area contributed by atoms with Gasteiger partial charge in [-0.1, -0.05) is 12.8 Å². The van der Waals surface area contributed by atoms with Crippen molar-refractivity contribution in [3.8, 4) is 0 Å². The van der Waals surface area contributed by atoms with Crippen LogP contribution in [0.1, 0.15) is 44.3 Å². The van der Waals surface area contributed by atoms with Gasteiger partial charge < -0.3 is 10.4 Å². The number of halogens is 2. The quantitative estimate of drug-likeness (QED) is 0.867. The Balaban J connectivity index is 1.99. The van der Waals surface area contributed by atoms with Crippen LogP contribution in [0.5, 0.6) is 0 Å². The maximum Gasteiger partial charge on any atom is 0.129 e. The first-order chi connectivity index (χ1) is 8.50. The lowest BCUT2D eigenvalue weighted by Crippen LogP contribution is -2.41. The minimum atomic E-state index is -1.02. The van der Waals surface area contributed by atoms with Gasteiger partial charge in [0.2, 0.25) is 0 Å². The summed E-state index contributed by atoms with van der Waals surface area (Å²) in [5, 5.41) is 13.2. The Hall–Kier alpha value is -1.00. The van der Waals surface area contributed by atoms with Crippen LogP contribution in [-0.2, 0) is 0 Å². The predicted octanol–water partition coefficient (Wildman–Crippen LogP) is 2.92. The number of aliphatic hydroxyl groups is 1. The van der Waals surface area contributed by atoms with Crippen LogP contribution in [0.3, 0.4) is 0 Å². The summed E-state index contributed by atoms with van der Waals surface area (Å²) < 4.78 is 26.5. The van der Waals surface area contributed by atoms with Gasteiger partial charge in [0.25, 0.3) is 0 Å². The lowest BCUT2D eigenvalue weighted by atomic mass is 9.99. The highest BCUT2D eigenvalue weighted by molar-refractivity contribution is 5.21. The topological polar surface area (TPSA) is 32.3 Å². The third kappa shape index (κ3) is 3.06. The second-order valence-electron chi connectivity index (χ2n) is 5.33. The van der Waals surface area contributed by atoms with Crippen LogP contribution in [0.4, 0.5) is 8.78 Å². The lowest BCUT2D eigenvalue weighted by molar-refractivity contribution is 0.154. The first kappa shape index (κ1) is 13.4. The second-order valence-corrected chi connectivity index (χ2v) is 5.33. The molecule has 2 nitrogen and oxygen atoms in total. The maximum absolute atomic E-state index is 13.5. The summed E-state index contributed by atoms with van der Waals surface area (Å²) in [6, 6.07) is 3.15. The molecule has 4 heteroatoms. The van der Waals surface area contributed by atoms with Crippen LogP contribution in [0, 0.1) is 11.6 Å². The van der Waals surface area contributed by atoms with Crippen molar-refractivity contribution in [3.63, 3.8) is 0 Å². The molecular formula is C14H19F2NO. The number of β-amino-alcohol motifs (C(OH)–C–C–N with tert-alkyl or cyclic N) is 1. The molecule has 1 aromatic rings. The van der Waals surface area contributed by atoms with Gasteiger partial charge in [-0.15, -0.1) is 0 Å². The summed E-state index contributed by atoms with van der Waals surface area (Å²) in [5.41, 5.74) is 0.0363. The highest BCUT2D eigenvalue weighted by Gasteiger charge is 2.28. The molecule has 0 amide bonds. The van der Waals surface area contributed by atoms with Crippen molar-refractivity contribution in [1.29, 1.82) is 0 Å². The third-order valence-electron chi connectivity index (χ3n) is 3.75. The molecule has 2 N–H and O–H groups in total. The zero-order valence-corrected chi connectivity index (χ0v) is 10.5. The van der Waals surface area contributed by atoms with E-state index in [0.29, 0.717) is 0 Å². The zero-order chi connectivity index (χ0) is 13.2. The van der Waals surface area contributed by atoms with Crippen LogP contribution in [0.15, 0.2) is 18.2 Å². The molecule has 18 heavy (non-hydrogen) atoms. The summed E-state index contributed by atoms with van der Waals surface area (Å²) in [6.07, 6.45) is 3.46. The standard InChI is InChI=1S/C14H19F2NO/c1-14(6-2-3-7-14)17-9-13(18)11-8-10(15)4-5-12(11)16/h4-5,8,13,17-18H,2-3,6-7,9H2,1H3. The fourth-order valence-corrected chi connectivity index (χ4v) is 2.56. The molecule has 0 spiro atoms. The van der Waals surface area contributed by atoms with Crippen molar-refractivity contribution >= 4 is 0 Å². The second kappa shape index (κ2) is 5.33. The van der Waals surface area contributed by atoms with Crippen LogP contribution in [-0.4, -0.2) is 17.2 Å². The Morgan fingerprint density at radius 2 is 2.00 bits per heavy atom. The predicted molar refractivity (Wildman–Crippen MR) is 66.2 cm³/mol. The number of hydrogen-bond donors (Lipinski definition) is 2. The first-order valence-corrected chi connectivity index (χ1v) is 6.38. The SMILES string of the molecule is CC1(NCC(O)c2cc(F)ccc2F)CCCC1. The molecule has 2 rings (SSSR count). The fraction of sp³-hybridized carbons (Fsp3) is 0.571. The number of rotatable bonds is 4. The Bertz CT molecular complexity index is 416. The normalized spacial score (nSPS) is 20.0. The van der Waals surface area contributed by atoms with Crippen LogP contribution < -0.4 is 5.32 Å². The van der Waals surface area contributed by atoms with Gasteiger partial charge in [-0.2, -0.15) is 0 Å². The summed E-state index contributed by atoms with van der Waals surface area (Å²) >= 11 is 0. The summed E-state index contributed by atoms with van der Waals surface area (Å²) in [6.45, 7) is 2.35. The molecule has 0 radical (unpaired) electrons. The summed E-state index contributed by atoms with van der Waals surface area (Å²) in [7, 11) is 0. The zero-order valence-electron chi connectivity index (χ0n) is 10.5. The largest absolute Gasteiger partial charge is 0.387 e. The van der Waals surface area contributed by atoms with E-state index >= 15 is 0 Å². The average molecular weight is 255 g/mol. The molecule has 1 unspecified atom stereocenters. The number of benzene rings is 1. The van der Waals surface area contributed by atoms with Crippen LogP contribution >= 0.6 is 0 Å². The molecule has 0 aliphatic heterocycles. The van der Waals surface area contributed by atoms with E-state index in [0.717, 1.165) is 31.0 Å². The van der Waals surface area contributed by atoms with Gasteiger partial charge in [0.05, 0.1) is 6.10 Å². The fourth-order valence-electron chi connectivity index (χ4n) is 2.56. The lowest BCUT2D eigenvalue weighted by Gasteiger charge is -2.27. The molecule has 0 heterocycles. The van der Waals surface area contributed by atoms with Crippen LogP contribution in [0.2, 0.25) is 0 Å². The van der Waals surface area contributed by atoms with Crippen LogP contribution in [0.25, 0.3) is 0 Å². The molecular weight excluding hydrogens is 236 g/mol. The minimum absolute atomic E-state index is 0.0177. The van der Waals surface area contributed by atoms with E-state index in [-0.39, 0.29) is 17.6 Å². The molecule has 1 fully saturated rings. The van der Waals surface area contributed by atoms with E-state index in [2.05, 4.69) is 12.2 Å². The number of hydrogen-bond acceptors (Lipinski definition) is 2. The Kier molecular flexibility index (Phi) is 3.97. The van der Waals surface area contributed by atoms with Crippen molar-refractivity contribution in [2.24, 2.45) is 0 Å². The van der Waals surface area contributed by atoms with Crippen molar-refractivity contribution in [3.05, 3.63) is 35.4 Å². The van der Waals surface area contributed by atoms with Crippen molar-refractivity contribution in [2.45, 2.75) is 44.2 Å². The van der Waals surface area contributed by atoms with Gasteiger partial charge >= 0.3 is 0 Å². The summed E-state index contributed by atoms with van der Waals surface area (Å²) in [4.78, 5) is 0. The van der Waals surface area contributed by atoms with Gasteiger partial charge in [0, 0.05) is 17.6 Å². The van der Waals surface area contributed by atoms with Gasteiger partial charge in [-0.25, -0.2) is 8.78 Å². The Labute approximate surface area is 106 Å². The van der Waals surface area contributed by atoms with Crippen molar-refractivity contribution in [1.82, 2.24) is 5.32 Å². The monoisotopic (exact) mass is 255 g/mol. The van der Waals surface area contributed by atoms with Crippen molar-refractivity contribution in [2.75, 3.05) is 6.54 Å². The van der Waals surface area contributed by atoms with E-state index in [4.69, 9.17) is 0 Å². The maximum atomic E-state index is 13.5. The third-order valence-corrected chi connectivity index (χ3v) is 3.75. The van der Waals surface area contributed by atoms with E-state index in [1.54, 1.807) is 0 Å². The molecule has 100 valence electrons. The molecule has 1 saturated carbocycles. The minimum Gasteiger partial charge on any atom is -0.387 e. The molecule has 1 aliphatic carbocycles. The number of aliphatic hydroxyl groups excluding tert-OH is 1. The molecule has 1 aromatic carbocycles. The van der Waals surface area contributed by atoms with Gasteiger partial charge in [0.1, 0.15) is 11.6 Å². The molecule has 0 saturated heterocycles. The van der Waals surface area contributed by atoms with Gasteiger partial charge in [0.15, 0.2) is 0 Å². The van der Waals surface area contributed by atoms with Gasteiger partial charge in [-0.05, 0) is 38.0 Å².